The lowest BCUT2D eigenvalue weighted by molar-refractivity contribution is 0.0525. The second-order valence-electron chi connectivity index (χ2n) is 4.59. The maximum Gasteiger partial charge on any atom is 0.343 e. The maximum atomic E-state index is 12.1. The molecule has 0 saturated heterocycles. The van der Waals surface area contributed by atoms with E-state index in [1.807, 2.05) is 6.92 Å². The van der Waals surface area contributed by atoms with Gasteiger partial charge in [0.05, 0.1) is 24.3 Å². The van der Waals surface area contributed by atoms with Gasteiger partial charge in [-0.3, -0.25) is 0 Å². The molecule has 0 heterocycles. The first-order valence-corrected chi connectivity index (χ1v) is 7.36. The SMILES string of the molecule is CCOC(=O)c1ccc(C(=O)Oc2ccc(OCC)cc2)cc1. The van der Waals surface area contributed by atoms with Crippen LogP contribution in [-0.4, -0.2) is 25.2 Å². The van der Waals surface area contributed by atoms with E-state index >= 15 is 0 Å². The highest BCUT2D eigenvalue weighted by Gasteiger charge is 2.11. The molecule has 0 atom stereocenters. The summed E-state index contributed by atoms with van der Waals surface area (Å²) in [5.41, 5.74) is 0.747. The zero-order valence-corrected chi connectivity index (χ0v) is 13.1. The Morgan fingerprint density at radius 1 is 0.739 bits per heavy atom. The molecule has 120 valence electrons. The van der Waals surface area contributed by atoms with Gasteiger partial charge < -0.3 is 14.2 Å². The van der Waals surface area contributed by atoms with Crippen LogP contribution in [0.1, 0.15) is 34.6 Å². The third-order valence-electron chi connectivity index (χ3n) is 2.98. The van der Waals surface area contributed by atoms with Crippen molar-refractivity contribution >= 4 is 11.9 Å². The molecule has 0 aliphatic heterocycles. The van der Waals surface area contributed by atoms with Gasteiger partial charge in [0, 0.05) is 0 Å². The predicted octanol–water partition coefficient (Wildman–Crippen LogP) is 3.48. The monoisotopic (exact) mass is 314 g/mol. The summed E-state index contributed by atoms with van der Waals surface area (Å²) < 4.78 is 15.5. The number of hydrogen-bond acceptors (Lipinski definition) is 5. The Balaban J connectivity index is 2.01. The van der Waals surface area contributed by atoms with Gasteiger partial charge in [0.1, 0.15) is 11.5 Å². The van der Waals surface area contributed by atoms with Crippen LogP contribution < -0.4 is 9.47 Å². The lowest BCUT2D eigenvalue weighted by Crippen LogP contribution is -2.10. The summed E-state index contributed by atoms with van der Waals surface area (Å²) in [6, 6.07) is 12.9. The molecule has 23 heavy (non-hydrogen) atoms. The molecule has 0 saturated carbocycles. The zero-order valence-electron chi connectivity index (χ0n) is 13.1. The molecule has 0 aromatic heterocycles. The number of ether oxygens (including phenoxy) is 3. The quantitative estimate of drug-likeness (QED) is 0.603. The van der Waals surface area contributed by atoms with E-state index < -0.39 is 11.9 Å². The van der Waals surface area contributed by atoms with E-state index in [0.717, 1.165) is 0 Å². The van der Waals surface area contributed by atoms with Crippen LogP contribution in [0.4, 0.5) is 0 Å². The lowest BCUT2D eigenvalue weighted by atomic mass is 10.1. The van der Waals surface area contributed by atoms with Crippen LogP contribution in [0, 0.1) is 0 Å². The number of esters is 2. The van der Waals surface area contributed by atoms with Gasteiger partial charge in [-0.25, -0.2) is 9.59 Å². The summed E-state index contributed by atoms with van der Waals surface area (Å²) in [4.78, 5) is 23.6. The topological polar surface area (TPSA) is 61.8 Å². The Morgan fingerprint density at radius 2 is 1.26 bits per heavy atom. The van der Waals surface area contributed by atoms with E-state index in [9.17, 15) is 9.59 Å². The molecule has 0 radical (unpaired) electrons. The van der Waals surface area contributed by atoms with Crippen molar-refractivity contribution < 1.29 is 23.8 Å². The van der Waals surface area contributed by atoms with Gasteiger partial charge in [0.2, 0.25) is 0 Å². The number of benzene rings is 2. The highest BCUT2D eigenvalue weighted by Crippen LogP contribution is 2.19. The van der Waals surface area contributed by atoms with Gasteiger partial charge in [-0.2, -0.15) is 0 Å². The lowest BCUT2D eigenvalue weighted by Gasteiger charge is -2.07. The van der Waals surface area contributed by atoms with Gasteiger partial charge in [-0.15, -0.1) is 0 Å². The third kappa shape index (κ3) is 4.57. The Hall–Kier alpha value is -2.82. The fourth-order valence-corrected chi connectivity index (χ4v) is 1.89. The molecule has 0 unspecified atom stereocenters. The molecule has 5 nitrogen and oxygen atoms in total. The molecule has 2 rings (SSSR count). The van der Waals surface area contributed by atoms with Gasteiger partial charge in [0.25, 0.3) is 0 Å². The molecule has 0 fully saturated rings. The van der Waals surface area contributed by atoms with Crippen LogP contribution in [0.3, 0.4) is 0 Å². The van der Waals surface area contributed by atoms with Gasteiger partial charge in [-0.05, 0) is 62.4 Å². The standard InChI is InChI=1S/C18H18O5/c1-3-21-15-9-11-16(12-10-15)23-18(20)14-7-5-13(6-8-14)17(19)22-4-2/h5-12H,3-4H2,1-2H3. The summed E-state index contributed by atoms with van der Waals surface area (Å²) in [7, 11) is 0. The Labute approximate surface area is 134 Å². The molecule has 0 N–H and O–H groups in total. The van der Waals surface area contributed by atoms with Crippen molar-refractivity contribution in [2.24, 2.45) is 0 Å². The second kappa shape index (κ2) is 7.98. The van der Waals surface area contributed by atoms with Crippen molar-refractivity contribution in [3.8, 4) is 11.5 Å². The van der Waals surface area contributed by atoms with Crippen LogP contribution in [0.2, 0.25) is 0 Å². The molecule has 0 amide bonds. The van der Waals surface area contributed by atoms with Crippen LogP contribution >= 0.6 is 0 Å². The Morgan fingerprint density at radius 3 is 1.78 bits per heavy atom. The van der Waals surface area contributed by atoms with E-state index in [-0.39, 0.29) is 0 Å². The largest absolute Gasteiger partial charge is 0.494 e. The predicted molar refractivity (Wildman–Crippen MR) is 85.0 cm³/mol. The minimum atomic E-state index is -0.496. The Bertz CT molecular complexity index is 659. The zero-order chi connectivity index (χ0) is 16.7. The maximum absolute atomic E-state index is 12.1. The van der Waals surface area contributed by atoms with Crippen molar-refractivity contribution in [2.45, 2.75) is 13.8 Å². The highest BCUT2D eigenvalue weighted by atomic mass is 16.5. The van der Waals surface area contributed by atoms with Crippen molar-refractivity contribution in [3.63, 3.8) is 0 Å². The van der Waals surface area contributed by atoms with Crippen molar-refractivity contribution in [3.05, 3.63) is 59.7 Å². The van der Waals surface area contributed by atoms with Gasteiger partial charge >= 0.3 is 11.9 Å². The molecule has 0 aliphatic rings. The van der Waals surface area contributed by atoms with Crippen LogP contribution in [0.25, 0.3) is 0 Å². The first kappa shape index (κ1) is 16.5. The number of rotatable bonds is 6. The molecule has 5 heteroatoms. The van der Waals surface area contributed by atoms with Crippen LogP contribution in [0.15, 0.2) is 48.5 Å². The second-order valence-corrected chi connectivity index (χ2v) is 4.59. The van der Waals surface area contributed by atoms with E-state index in [1.165, 1.54) is 24.3 Å². The van der Waals surface area contributed by atoms with Crippen molar-refractivity contribution in [1.29, 1.82) is 0 Å². The van der Waals surface area contributed by atoms with Crippen molar-refractivity contribution in [1.82, 2.24) is 0 Å². The summed E-state index contributed by atoms with van der Waals surface area (Å²) in [6.45, 7) is 4.51. The molecule has 0 spiro atoms. The molecule has 0 bridgehead atoms. The fraction of sp³-hybridized carbons (Fsp3) is 0.222. The average Bonchev–Trinajstić information content (AvgIpc) is 2.57. The van der Waals surface area contributed by atoms with Crippen molar-refractivity contribution in [2.75, 3.05) is 13.2 Å². The van der Waals surface area contributed by atoms with Crippen LogP contribution in [0.5, 0.6) is 11.5 Å². The van der Waals surface area contributed by atoms with E-state index in [0.29, 0.717) is 35.8 Å². The first-order valence-electron chi connectivity index (χ1n) is 7.36. The third-order valence-corrected chi connectivity index (χ3v) is 2.98. The number of carbonyl (C=O) groups excluding carboxylic acids is 2. The molecular formula is C18H18O5. The van der Waals surface area contributed by atoms with Crippen LogP contribution in [-0.2, 0) is 4.74 Å². The van der Waals surface area contributed by atoms with Gasteiger partial charge in [0.15, 0.2) is 0 Å². The smallest absolute Gasteiger partial charge is 0.343 e. The number of hydrogen-bond donors (Lipinski definition) is 0. The summed E-state index contributed by atoms with van der Waals surface area (Å²) in [5, 5.41) is 0. The summed E-state index contributed by atoms with van der Waals surface area (Å²) in [5.74, 6) is 0.225. The van der Waals surface area contributed by atoms with E-state index in [2.05, 4.69) is 0 Å². The average molecular weight is 314 g/mol. The number of carbonyl (C=O) groups is 2. The Kier molecular flexibility index (Phi) is 5.74. The minimum Gasteiger partial charge on any atom is -0.494 e. The normalized spacial score (nSPS) is 10.0. The minimum absolute atomic E-state index is 0.306. The van der Waals surface area contributed by atoms with E-state index in [4.69, 9.17) is 14.2 Å². The molecule has 0 aliphatic carbocycles. The fourth-order valence-electron chi connectivity index (χ4n) is 1.89. The summed E-state index contributed by atoms with van der Waals surface area (Å²) in [6.07, 6.45) is 0. The highest BCUT2D eigenvalue weighted by molar-refractivity contribution is 5.94. The van der Waals surface area contributed by atoms with E-state index in [1.54, 1.807) is 31.2 Å². The molecule has 2 aromatic carbocycles. The van der Waals surface area contributed by atoms with Gasteiger partial charge in [-0.1, -0.05) is 0 Å². The summed E-state index contributed by atoms with van der Waals surface area (Å²) >= 11 is 0. The molecular weight excluding hydrogens is 296 g/mol. The molecule has 2 aromatic rings. The first-order chi connectivity index (χ1) is 11.1.